The van der Waals surface area contributed by atoms with Crippen LogP contribution in [0.25, 0.3) is 0 Å². The maximum Gasteiger partial charge on any atom is 0.146 e. The minimum Gasteiger partial charge on any atom is -0.378 e. The Labute approximate surface area is 96.1 Å². The molecule has 0 saturated carbocycles. The van der Waals surface area contributed by atoms with E-state index in [4.69, 9.17) is 4.74 Å². The zero-order valence-corrected chi connectivity index (χ0v) is 9.71. The molecule has 0 aromatic heterocycles. The van der Waals surface area contributed by atoms with Gasteiger partial charge in [0, 0.05) is 13.1 Å². The van der Waals surface area contributed by atoms with Crippen molar-refractivity contribution in [2.75, 3.05) is 26.3 Å². The van der Waals surface area contributed by atoms with Crippen LogP contribution in [0.2, 0.25) is 0 Å². The molecule has 2 rings (SSSR count). The van der Waals surface area contributed by atoms with Gasteiger partial charge in [0.05, 0.1) is 18.9 Å². The number of morpholine rings is 1. The molecule has 0 amide bonds. The smallest absolute Gasteiger partial charge is 0.146 e. The quantitative estimate of drug-likeness (QED) is 0.713. The molecule has 88 valence electrons. The van der Waals surface area contributed by atoms with Gasteiger partial charge in [0.2, 0.25) is 0 Å². The van der Waals surface area contributed by atoms with E-state index in [0.717, 1.165) is 37.2 Å². The fraction of sp³-hybridized carbons (Fsp3) is 0.538. The SMILES string of the molecule is CCC1=CCC=C(N2CCOCC2)C(F)=C1. The summed E-state index contributed by atoms with van der Waals surface area (Å²) < 4.78 is 19.3. The summed E-state index contributed by atoms with van der Waals surface area (Å²) in [7, 11) is 0. The van der Waals surface area contributed by atoms with Crippen molar-refractivity contribution < 1.29 is 9.13 Å². The van der Waals surface area contributed by atoms with Crippen LogP contribution >= 0.6 is 0 Å². The number of nitrogens with zero attached hydrogens (tertiary/aromatic N) is 1. The Morgan fingerprint density at radius 1 is 1.31 bits per heavy atom. The molecule has 0 aromatic rings. The maximum absolute atomic E-state index is 14.0. The molecule has 0 spiro atoms. The van der Waals surface area contributed by atoms with Gasteiger partial charge in [-0.25, -0.2) is 4.39 Å². The summed E-state index contributed by atoms with van der Waals surface area (Å²) in [5, 5.41) is 0. The van der Waals surface area contributed by atoms with Crippen molar-refractivity contribution in [1.29, 1.82) is 0 Å². The maximum atomic E-state index is 14.0. The highest BCUT2D eigenvalue weighted by Gasteiger charge is 2.18. The number of rotatable bonds is 2. The molecular formula is C13H18FNO. The zero-order valence-electron chi connectivity index (χ0n) is 9.71. The molecular weight excluding hydrogens is 205 g/mol. The van der Waals surface area contributed by atoms with Gasteiger partial charge in [-0.15, -0.1) is 0 Å². The predicted octanol–water partition coefficient (Wildman–Crippen LogP) is 2.80. The average molecular weight is 223 g/mol. The highest BCUT2D eigenvalue weighted by atomic mass is 19.1. The first-order chi connectivity index (χ1) is 7.81. The molecule has 1 aliphatic heterocycles. The first-order valence-corrected chi connectivity index (χ1v) is 5.90. The Morgan fingerprint density at radius 2 is 2.06 bits per heavy atom. The lowest BCUT2D eigenvalue weighted by molar-refractivity contribution is 0.0534. The van der Waals surface area contributed by atoms with Crippen molar-refractivity contribution in [3.05, 3.63) is 35.3 Å². The van der Waals surface area contributed by atoms with Crippen molar-refractivity contribution in [3.63, 3.8) is 0 Å². The van der Waals surface area contributed by atoms with Crippen LogP contribution in [0.5, 0.6) is 0 Å². The second-order valence-electron chi connectivity index (χ2n) is 4.05. The monoisotopic (exact) mass is 223 g/mol. The lowest BCUT2D eigenvalue weighted by Gasteiger charge is -2.30. The highest BCUT2D eigenvalue weighted by Crippen LogP contribution is 2.24. The molecule has 0 bridgehead atoms. The first kappa shape index (κ1) is 11.4. The Bertz CT molecular complexity index is 338. The Hall–Kier alpha value is -1.09. The van der Waals surface area contributed by atoms with Gasteiger partial charge >= 0.3 is 0 Å². The summed E-state index contributed by atoms with van der Waals surface area (Å²) in [6, 6.07) is 0. The molecule has 1 fully saturated rings. The second-order valence-corrected chi connectivity index (χ2v) is 4.05. The normalized spacial score (nSPS) is 22.1. The number of allylic oxidation sites excluding steroid dienone is 5. The van der Waals surface area contributed by atoms with Gasteiger partial charge in [-0.2, -0.15) is 0 Å². The fourth-order valence-corrected chi connectivity index (χ4v) is 2.05. The van der Waals surface area contributed by atoms with Crippen molar-refractivity contribution in [2.24, 2.45) is 0 Å². The molecule has 1 saturated heterocycles. The lowest BCUT2D eigenvalue weighted by atomic mass is 10.2. The molecule has 0 radical (unpaired) electrons. The van der Waals surface area contributed by atoms with Crippen molar-refractivity contribution in [2.45, 2.75) is 19.8 Å². The second kappa shape index (κ2) is 5.30. The summed E-state index contributed by atoms with van der Waals surface area (Å²) in [6.45, 7) is 5.01. The van der Waals surface area contributed by atoms with Gasteiger partial charge in [0.1, 0.15) is 5.83 Å². The number of hydrogen-bond acceptors (Lipinski definition) is 2. The topological polar surface area (TPSA) is 12.5 Å². The third-order valence-electron chi connectivity index (χ3n) is 3.01. The van der Waals surface area contributed by atoms with E-state index in [1.807, 2.05) is 6.08 Å². The number of hydrogen-bond donors (Lipinski definition) is 0. The minimum atomic E-state index is -0.104. The van der Waals surface area contributed by atoms with E-state index in [0.29, 0.717) is 13.2 Å². The largest absolute Gasteiger partial charge is 0.378 e. The van der Waals surface area contributed by atoms with E-state index in [1.54, 1.807) is 6.08 Å². The van der Waals surface area contributed by atoms with Crippen molar-refractivity contribution in [1.82, 2.24) is 4.90 Å². The van der Waals surface area contributed by atoms with Crippen LogP contribution in [-0.4, -0.2) is 31.2 Å². The standard InChI is InChI=1S/C13H18FNO/c1-2-11-4-3-5-13(12(14)10-11)15-6-8-16-9-7-15/h4-5,10H,2-3,6-9H2,1H3. The molecule has 2 nitrogen and oxygen atoms in total. The van der Waals surface area contributed by atoms with Gasteiger partial charge in [-0.05, 0) is 24.5 Å². The molecule has 2 aliphatic rings. The first-order valence-electron chi connectivity index (χ1n) is 5.90. The van der Waals surface area contributed by atoms with Crippen LogP contribution in [0.4, 0.5) is 4.39 Å². The van der Waals surface area contributed by atoms with E-state index in [9.17, 15) is 4.39 Å². The van der Waals surface area contributed by atoms with Crippen molar-refractivity contribution >= 4 is 0 Å². The molecule has 0 aromatic carbocycles. The Kier molecular flexibility index (Phi) is 3.78. The highest BCUT2D eigenvalue weighted by molar-refractivity contribution is 5.36. The zero-order chi connectivity index (χ0) is 11.4. The van der Waals surface area contributed by atoms with Crippen LogP contribution in [-0.2, 0) is 4.74 Å². The average Bonchev–Trinajstić information content (AvgIpc) is 2.52. The number of halogens is 1. The van der Waals surface area contributed by atoms with Crippen LogP contribution < -0.4 is 0 Å². The fourth-order valence-electron chi connectivity index (χ4n) is 2.05. The van der Waals surface area contributed by atoms with Crippen LogP contribution in [0.3, 0.4) is 0 Å². The molecule has 3 heteroatoms. The Morgan fingerprint density at radius 3 is 2.75 bits per heavy atom. The third-order valence-corrected chi connectivity index (χ3v) is 3.01. The van der Waals surface area contributed by atoms with Crippen LogP contribution in [0.1, 0.15) is 19.8 Å². The summed E-state index contributed by atoms with van der Waals surface area (Å²) in [6.07, 6.45) is 7.43. The van der Waals surface area contributed by atoms with E-state index in [2.05, 4.69) is 17.9 Å². The number of ether oxygens (including phenoxy) is 1. The van der Waals surface area contributed by atoms with Gasteiger partial charge in [-0.1, -0.05) is 19.1 Å². The summed E-state index contributed by atoms with van der Waals surface area (Å²) >= 11 is 0. The lowest BCUT2D eigenvalue weighted by Crippen LogP contribution is -2.35. The molecule has 1 aliphatic carbocycles. The van der Waals surface area contributed by atoms with Gasteiger partial charge < -0.3 is 9.64 Å². The molecule has 16 heavy (non-hydrogen) atoms. The molecule has 0 unspecified atom stereocenters. The molecule has 0 N–H and O–H groups in total. The van der Waals surface area contributed by atoms with E-state index < -0.39 is 0 Å². The predicted molar refractivity (Wildman–Crippen MR) is 62.7 cm³/mol. The summed E-state index contributed by atoms with van der Waals surface area (Å²) in [4.78, 5) is 2.07. The minimum absolute atomic E-state index is 0.104. The van der Waals surface area contributed by atoms with E-state index in [1.165, 1.54) is 0 Å². The van der Waals surface area contributed by atoms with E-state index >= 15 is 0 Å². The van der Waals surface area contributed by atoms with Gasteiger partial charge in [-0.3, -0.25) is 0 Å². The third kappa shape index (κ3) is 2.53. The van der Waals surface area contributed by atoms with Crippen molar-refractivity contribution in [3.8, 4) is 0 Å². The van der Waals surface area contributed by atoms with Gasteiger partial charge in [0.15, 0.2) is 0 Å². The van der Waals surface area contributed by atoms with Gasteiger partial charge in [0.25, 0.3) is 0 Å². The molecule has 0 atom stereocenters. The summed E-state index contributed by atoms with van der Waals surface area (Å²) in [5.74, 6) is -0.104. The van der Waals surface area contributed by atoms with Crippen LogP contribution in [0.15, 0.2) is 35.3 Å². The van der Waals surface area contributed by atoms with Crippen LogP contribution in [0, 0.1) is 0 Å². The Balaban J connectivity index is 2.13. The van der Waals surface area contributed by atoms with E-state index in [-0.39, 0.29) is 5.83 Å². The molecule has 1 heterocycles. The summed E-state index contributed by atoms with van der Waals surface area (Å²) in [5.41, 5.74) is 1.82.